The van der Waals surface area contributed by atoms with E-state index in [0.717, 1.165) is 0 Å². The van der Waals surface area contributed by atoms with Crippen molar-refractivity contribution in [3.8, 4) is 11.5 Å². The molecule has 5 nitrogen and oxygen atoms in total. The molecule has 16 heavy (non-hydrogen) atoms. The van der Waals surface area contributed by atoms with Crippen LogP contribution in [0.15, 0.2) is 23.1 Å². The predicted octanol–water partition coefficient (Wildman–Crippen LogP) is 0.654. The van der Waals surface area contributed by atoms with Gasteiger partial charge >= 0.3 is 0 Å². The van der Waals surface area contributed by atoms with Gasteiger partial charge in [0.2, 0.25) is 0 Å². The second kappa shape index (κ2) is 5.18. The van der Waals surface area contributed by atoms with E-state index in [1.165, 1.54) is 20.3 Å². The van der Waals surface area contributed by atoms with Crippen molar-refractivity contribution in [2.24, 2.45) is 0 Å². The maximum atomic E-state index is 11.9. The van der Waals surface area contributed by atoms with Gasteiger partial charge in [0.25, 0.3) is 0 Å². The second-order valence-electron chi connectivity index (χ2n) is 3.13. The van der Waals surface area contributed by atoms with Crippen LogP contribution in [-0.2, 0) is 9.84 Å². The average molecular weight is 245 g/mol. The molecule has 0 saturated carbocycles. The van der Waals surface area contributed by atoms with Gasteiger partial charge in [-0.2, -0.15) is 0 Å². The van der Waals surface area contributed by atoms with Crippen LogP contribution in [0, 0.1) is 0 Å². The molecular weight excluding hydrogens is 230 g/mol. The van der Waals surface area contributed by atoms with Gasteiger partial charge in [-0.15, -0.1) is 0 Å². The second-order valence-corrected chi connectivity index (χ2v) is 5.09. The van der Waals surface area contributed by atoms with Crippen LogP contribution in [-0.4, -0.2) is 35.6 Å². The van der Waals surface area contributed by atoms with E-state index in [1.807, 2.05) is 0 Å². The van der Waals surface area contributed by atoms with Gasteiger partial charge in [-0.3, -0.25) is 0 Å². The Morgan fingerprint density at radius 3 is 2.44 bits per heavy atom. The minimum atomic E-state index is -3.40. The Hall–Kier alpha value is -1.27. The molecule has 0 fully saturated rings. The normalized spacial score (nSPS) is 11.2. The lowest BCUT2D eigenvalue weighted by molar-refractivity contribution is 0.392. The average Bonchev–Trinajstić information content (AvgIpc) is 2.28. The molecule has 0 saturated heterocycles. The van der Waals surface area contributed by atoms with Crippen LogP contribution in [0.2, 0.25) is 0 Å². The topological polar surface area (TPSA) is 64.6 Å². The number of sulfone groups is 1. The van der Waals surface area contributed by atoms with Crippen LogP contribution in [0.1, 0.15) is 0 Å². The first-order valence-electron chi connectivity index (χ1n) is 4.64. The number of benzene rings is 1. The number of hydrogen-bond acceptors (Lipinski definition) is 5. The first-order chi connectivity index (χ1) is 7.55. The van der Waals surface area contributed by atoms with E-state index in [-0.39, 0.29) is 10.8 Å². The summed E-state index contributed by atoms with van der Waals surface area (Å²) in [5, 5.41) is 2.61. The molecule has 0 aromatic heterocycles. The fourth-order valence-corrected chi connectivity index (χ4v) is 2.58. The van der Waals surface area contributed by atoms with Crippen molar-refractivity contribution in [1.82, 2.24) is 5.32 Å². The van der Waals surface area contributed by atoms with Gasteiger partial charge in [-0.1, -0.05) is 0 Å². The van der Waals surface area contributed by atoms with Crippen molar-refractivity contribution in [2.75, 3.05) is 27.1 Å². The van der Waals surface area contributed by atoms with Crippen LogP contribution < -0.4 is 14.8 Å². The van der Waals surface area contributed by atoms with Crippen LogP contribution in [0.25, 0.3) is 0 Å². The zero-order chi connectivity index (χ0) is 12.2. The minimum absolute atomic E-state index is 0.128. The van der Waals surface area contributed by atoms with Crippen LogP contribution >= 0.6 is 0 Å². The van der Waals surface area contributed by atoms with E-state index >= 15 is 0 Å². The van der Waals surface area contributed by atoms with Crippen LogP contribution in [0.3, 0.4) is 0 Å². The van der Waals surface area contributed by atoms with E-state index in [1.54, 1.807) is 19.2 Å². The standard InChI is InChI=1S/C10H15NO4S/c1-11-7-16(12,13)10-6-8(14-2)4-5-9(10)15-3/h4-6,11H,7H2,1-3H3. The minimum Gasteiger partial charge on any atom is -0.497 e. The molecule has 0 aliphatic carbocycles. The zero-order valence-corrected chi connectivity index (χ0v) is 10.3. The van der Waals surface area contributed by atoms with Crippen molar-refractivity contribution in [1.29, 1.82) is 0 Å². The van der Waals surface area contributed by atoms with Crippen molar-refractivity contribution in [2.45, 2.75) is 4.90 Å². The number of hydrogen-bond donors (Lipinski definition) is 1. The predicted molar refractivity (Wildman–Crippen MR) is 60.7 cm³/mol. The molecule has 0 radical (unpaired) electrons. The Bertz CT molecular complexity index is 456. The molecule has 0 spiro atoms. The Morgan fingerprint density at radius 1 is 1.25 bits per heavy atom. The maximum absolute atomic E-state index is 11.9. The molecule has 1 N–H and O–H groups in total. The quantitative estimate of drug-likeness (QED) is 0.825. The van der Waals surface area contributed by atoms with Crippen molar-refractivity contribution < 1.29 is 17.9 Å². The Morgan fingerprint density at radius 2 is 1.94 bits per heavy atom. The summed E-state index contributed by atoms with van der Waals surface area (Å²) in [6, 6.07) is 4.67. The third-order valence-electron chi connectivity index (χ3n) is 2.04. The van der Waals surface area contributed by atoms with Gasteiger partial charge in [0.15, 0.2) is 9.84 Å². The summed E-state index contributed by atoms with van der Waals surface area (Å²) in [4.78, 5) is 0.128. The summed E-state index contributed by atoms with van der Waals surface area (Å²) < 4.78 is 33.8. The lowest BCUT2D eigenvalue weighted by atomic mass is 10.3. The highest BCUT2D eigenvalue weighted by molar-refractivity contribution is 7.91. The zero-order valence-electron chi connectivity index (χ0n) is 9.48. The highest BCUT2D eigenvalue weighted by Crippen LogP contribution is 2.28. The molecule has 90 valence electrons. The fraction of sp³-hybridized carbons (Fsp3) is 0.400. The van der Waals surface area contributed by atoms with Gasteiger partial charge < -0.3 is 14.8 Å². The number of nitrogens with one attached hydrogen (secondary N) is 1. The van der Waals surface area contributed by atoms with Crippen molar-refractivity contribution >= 4 is 9.84 Å². The first kappa shape index (κ1) is 12.8. The smallest absolute Gasteiger partial charge is 0.195 e. The van der Waals surface area contributed by atoms with Gasteiger partial charge in [-0.25, -0.2) is 8.42 Å². The molecule has 0 unspecified atom stereocenters. The fourth-order valence-electron chi connectivity index (χ4n) is 1.29. The lowest BCUT2D eigenvalue weighted by Gasteiger charge is -2.10. The maximum Gasteiger partial charge on any atom is 0.195 e. The van der Waals surface area contributed by atoms with Gasteiger partial charge in [-0.05, 0) is 19.2 Å². The summed E-state index contributed by atoms with van der Waals surface area (Å²) in [6.45, 7) is 0. The van der Waals surface area contributed by atoms with E-state index in [9.17, 15) is 8.42 Å². The third-order valence-corrected chi connectivity index (χ3v) is 3.70. The van der Waals surface area contributed by atoms with Gasteiger partial charge in [0.05, 0.1) is 14.2 Å². The molecule has 0 aliphatic rings. The Labute approximate surface area is 95.3 Å². The summed E-state index contributed by atoms with van der Waals surface area (Å²) in [5.74, 6) is 0.655. The molecule has 0 heterocycles. The Kier molecular flexibility index (Phi) is 4.14. The summed E-state index contributed by atoms with van der Waals surface area (Å²) in [5.41, 5.74) is 0. The molecule has 1 rings (SSSR count). The molecular formula is C10H15NO4S. The summed E-state index contributed by atoms with van der Waals surface area (Å²) in [7, 11) is 1.08. The number of rotatable bonds is 5. The first-order valence-corrected chi connectivity index (χ1v) is 6.29. The number of ether oxygens (including phenoxy) is 2. The monoisotopic (exact) mass is 245 g/mol. The lowest BCUT2D eigenvalue weighted by Crippen LogP contribution is -2.19. The molecule has 0 atom stereocenters. The van der Waals surface area contributed by atoms with Crippen molar-refractivity contribution in [3.05, 3.63) is 18.2 Å². The van der Waals surface area contributed by atoms with E-state index in [0.29, 0.717) is 11.5 Å². The van der Waals surface area contributed by atoms with Gasteiger partial charge in [0.1, 0.15) is 22.3 Å². The van der Waals surface area contributed by atoms with Crippen LogP contribution in [0.5, 0.6) is 11.5 Å². The van der Waals surface area contributed by atoms with Crippen LogP contribution in [0.4, 0.5) is 0 Å². The van der Waals surface area contributed by atoms with E-state index in [2.05, 4.69) is 5.32 Å². The molecule has 1 aromatic rings. The molecule has 1 aromatic carbocycles. The summed E-state index contributed by atoms with van der Waals surface area (Å²) >= 11 is 0. The van der Waals surface area contributed by atoms with Gasteiger partial charge in [0, 0.05) is 6.07 Å². The Balaban J connectivity index is 3.29. The van der Waals surface area contributed by atoms with Crippen molar-refractivity contribution in [3.63, 3.8) is 0 Å². The SMILES string of the molecule is CNCS(=O)(=O)c1cc(OC)ccc1OC. The summed E-state index contributed by atoms with van der Waals surface area (Å²) in [6.07, 6.45) is 0. The number of methoxy groups -OCH3 is 2. The molecule has 6 heteroatoms. The van der Waals surface area contributed by atoms with E-state index < -0.39 is 9.84 Å². The third kappa shape index (κ3) is 2.65. The molecule has 0 bridgehead atoms. The molecule has 0 aliphatic heterocycles. The highest BCUT2D eigenvalue weighted by Gasteiger charge is 2.19. The highest BCUT2D eigenvalue weighted by atomic mass is 32.2. The molecule has 0 amide bonds. The van der Waals surface area contributed by atoms with E-state index in [4.69, 9.17) is 9.47 Å². The largest absolute Gasteiger partial charge is 0.497 e.